The van der Waals surface area contributed by atoms with E-state index in [-0.39, 0.29) is 5.69 Å². The Hall–Kier alpha value is -1.99. The third-order valence-corrected chi connectivity index (χ3v) is 4.09. The molecular weight excluding hydrogens is 416 g/mol. The molecule has 0 aliphatic heterocycles. The number of rotatable bonds is 2. The molecule has 0 saturated carbocycles. The molecule has 0 atom stereocenters. The van der Waals surface area contributed by atoms with Gasteiger partial charge in [-0.1, -0.05) is 34.1 Å². The van der Waals surface area contributed by atoms with Crippen molar-refractivity contribution < 1.29 is 9.52 Å². The molecule has 0 unspecified atom stereocenters. The van der Waals surface area contributed by atoms with E-state index >= 15 is 0 Å². The summed E-state index contributed by atoms with van der Waals surface area (Å²) in [5.41, 5.74) is -0.129. The minimum Gasteiger partial charge on any atom is -0.480 e. The Bertz CT molecular complexity index is 951. The van der Waals surface area contributed by atoms with Crippen LogP contribution in [0, 0.1) is 0 Å². The van der Waals surface area contributed by atoms with Gasteiger partial charge in [0.1, 0.15) is 0 Å². The second-order valence-electron chi connectivity index (χ2n) is 4.38. The molecular formula is C15H8Br2N2O3. The lowest BCUT2D eigenvalue weighted by atomic mass is 10.1. The fraction of sp³-hybridized carbons (Fsp3) is 0. The standard InChI is InChI=1S/C15H8Br2N2O3/c16-8-5-6-12(11(17)7-8)18-19-13-9-3-1-2-4-10(9)14(20)22-15(13)21/h1-7,20H. The quantitative estimate of drug-likeness (QED) is 0.557. The highest BCUT2D eigenvalue weighted by atomic mass is 79.9. The maximum Gasteiger partial charge on any atom is 0.367 e. The maximum absolute atomic E-state index is 11.9. The van der Waals surface area contributed by atoms with Gasteiger partial charge in [0.2, 0.25) is 0 Å². The molecule has 0 spiro atoms. The number of benzene rings is 2. The van der Waals surface area contributed by atoms with E-state index < -0.39 is 11.6 Å². The molecule has 3 rings (SSSR count). The summed E-state index contributed by atoms with van der Waals surface area (Å²) < 4.78 is 6.42. The molecule has 2 aromatic carbocycles. The summed E-state index contributed by atoms with van der Waals surface area (Å²) in [6.07, 6.45) is 0. The van der Waals surface area contributed by atoms with Gasteiger partial charge in [0.05, 0.1) is 11.1 Å². The van der Waals surface area contributed by atoms with Crippen molar-refractivity contribution in [3.63, 3.8) is 0 Å². The van der Waals surface area contributed by atoms with Crippen LogP contribution in [0.1, 0.15) is 0 Å². The minimum atomic E-state index is -0.742. The number of azo groups is 1. The molecule has 0 bridgehead atoms. The number of hydrogen-bond acceptors (Lipinski definition) is 5. The Kier molecular flexibility index (Phi) is 4.08. The lowest BCUT2D eigenvalue weighted by Gasteiger charge is -2.02. The average molecular weight is 424 g/mol. The average Bonchev–Trinajstić information content (AvgIpc) is 2.49. The SMILES string of the molecule is O=c1oc(O)c2ccccc2c1N=Nc1ccc(Br)cc1Br. The molecule has 1 aromatic heterocycles. The Balaban J connectivity index is 2.15. The summed E-state index contributed by atoms with van der Waals surface area (Å²) in [6.45, 7) is 0. The third-order valence-electron chi connectivity index (χ3n) is 2.96. The Morgan fingerprint density at radius 3 is 2.45 bits per heavy atom. The summed E-state index contributed by atoms with van der Waals surface area (Å²) in [4.78, 5) is 11.9. The van der Waals surface area contributed by atoms with Gasteiger partial charge in [0, 0.05) is 14.3 Å². The molecule has 0 saturated heterocycles. The van der Waals surface area contributed by atoms with Gasteiger partial charge in [-0.3, -0.25) is 0 Å². The van der Waals surface area contributed by atoms with Crippen LogP contribution >= 0.6 is 31.9 Å². The number of aromatic hydroxyl groups is 1. The fourth-order valence-electron chi connectivity index (χ4n) is 1.94. The Morgan fingerprint density at radius 1 is 1.00 bits per heavy atom. The van der Waals surface area contributed by atoms with Gasteiger partial charge in [0.25, 0.3) is 5.95 Å². The van der Waals surface area contributed by atoms with Gasteiger partial charge < -0.3 is 9.52 Å². The van der Waals surface area contributed by atoms with E-state index in [9.17, 15) is 9.90 Å². The molecule has 0 radical (unpaired) electrons. The van der Waals surface area contributed by atoms with E-state index in [0.717, 1.165) is 8.95 Å². The van der Waals surface area contributed by atoms with Crippen molar-refractivity contribution in [3.05, 3.63) is 61.8 Å². The highest BCUT2D eigenvalue weighted by molar-refractivity contribution is 9.11. The van der Waals surface area contributed by atoms with Crippen LogP contribution in [0.2, 0.25) is 0 Å². The predicted octanol–water partition coefficient (Wildman–Crippen LogP) is 5.44. The molecule has 7 heteroatoms. The van der Waals surface area contributed by atoms with E-state index in [2.05, 4.69) is 42.1 Å². The number of fused-ring (bicyclic) bond motifs is 1. The van der Waals surface area contributed by atoms with Crippen molar-refractivity contribution in [2.45, 2.75) is 0 Å². The molecule has 22 heavy (non-hydrogen) atoms. The third kappa shape index (κ3) is 2.82. The van der Waals surface area contributed by atoms with Crippen LogP contribution in [-0.2, 0) is 0 Å². The lowest BCUT2D eigenvalue weighted by molar-refractivity contribution is 0.318. The zero-order valence-corrected chi connectivity index (χ0v) is 14.1. The Labute approximate surface area is 141 Å². The van der Waals surface area contributed by atoms with Gasteiger partial charge in [-0.25, -0.2) is 4.79 Å². The summed E-state index contributed by atoms with van der Waals surface area (Å²) in [6, 6.07) is 12.2. The first-order valence-electron chi connectivity index (χ1n) is 6.18. The van der Waals surface area contributed by atoms with Crippen LogP contribution in [0.3, 0.4) is 0 Å². The lowest BCUT2D eigenvalue weighted by Crippen LogP contribution is -1.98. The van der Waals surface area contributed by atoms with Crippen molar-refractivity contribution in [1.29, 1.82) is 0 Å². The monoisotopic (exact) mass is 422 g/mol. The van der Waals surface area contributed by atoms with Crippen LogP contribution in [-0.4, -0.2) is 5.11 Å². The fourth-order valence-corrected chi connectivity index (χ4v) is 3.06. The summed E-state index contributed by atoms with van der Waals surface area (Å²) in [7, 11) is 0. The normalized spacial score (nSPS) is 11.4. The Morgan fingerprint density at radius 2 is 1.73 bits per heavy atom. The summed E-state index contributed by atoms with van der Waals surface area (Å²) in [5.74, 6) is -0.427. The van der Waals surface area contributed by atoms with Crippen LogP contribution in [0.4, 0.5) is 11.4 Å². The van der Waals surface area contributed by atoms with Gasteiger partial charge >= 0.3 is 5.63 Å². The van der Waals surface area contributed by atoms with Gasteiger partial charge in [-0.15, -0.1) is 10.2 Å². The zero-order valence-electron chi connectivity index (χ0n) is 11.0. The smallest absolute Gasteiger partial charge is 0.367 e. The molecule has 0 aliphatic carbocycles. The number of halogens is 2. The van der Waals surface area contributed by atoms with E-state index in [4.69, 9.17) is 4.42 Å². The second-order valence-corrected chi connectivity index (χ2v) is 6.15. The molecule has 5 nitrogen and oxygen atoms in total. The maximum atomic E-state index is 11.9. The molecule has 0 amide bonds. The number of hydrogen-bond donors (Lipinski definition) is 1. The predicted molar refractivity (Wildman–Crippen MR) is 90.2 cm³/mol. The summed E-state index contributed by atoms with van der Waals surface area (Å²) in [5, 5.41) is 18.6. The van der Waals surface area contributed by atoms with E-state index in [1.54, 1.807) is 30.3 Å². The molecule has 0 fully saturated rings. The van der Waals surface area contributed by atoms with Gasteiger partial charge in [0.15, 0.2) is 5.69 Å². The summed E-state index contributed by atoms with van der Waals surface area (Å²) >= 11 is 6.72. The van der Waals surface area contributed by atoms with Gasteiger partial charge in [-0.05, 0) is 40.2 Å². The minimum absolute atomic E-state index is 0.0446. The van der Waals surface area contributed by atoms with Crippen LogP contribution < -0.4 is 5.63 Å². The molecule has 110 valence electrons. The number of nitrogens with zero attached hydrogens (tertiary/aromatic N) is 2. The first-order chi connectivity index (χ1) is 10.6. The van der Waals surface area contributed by atoms with Crippen molar-refractivity contribution in [2.75, 3.05) is 0 Å². The zero-order chi connectivity index (χ0) is 15.7. The van der Waals surface area contributed by atoms with E-state index in [1.165, 1.54) is 0 Å². The topological polar surface area (TPSA) is 75.2 Å². The van der Waals surface area contributed by atoms with Crippen LogP contribution in [0.5, 0.6) is 5.95 Å². The molecule has 1 N–H and O–H groups in total. The highest BCUT2D eigenvalue weighted by Gasteiger charge is 2.12. The van der Waals surface area contributed by atoms with Crippen molar-refractivity contribution in [1.82, 2.24) is 0 Å². The van der Waals surface area contributed by atoms with Crippen LogP contribution in [0.25, 0.3) is 10.8 Å². The highest BCUT2D eigenvalue weighted by Crippen LogP contribution is 2.32. The second kappa shape index (κ2) is 6.02. The molecule has 1 heterocycles. The van der Waals surface area contributed by atoms with Gasteiger partial charge in [-0.2, -0.15) is 0 Å². The first-order valence-corrected chi connectivity index (χ1v) is 7.76. The molecule has 0 aliphatic rings. The van der Waals surface area contributed by atoms with E-state index in [0.29, 0.717) is 16.5 Å². The van der Waals surface area contributed by atoms with E-state index in [1.807, 2.05) is 12.1 Å². The molecule has 3 aromatic rings. The van der Waals surface area contributed by atoms with Crippen LogP contribution in [0.15, 0.2) is 70.9 Å². The van der Waals surface area contributed by atoms with Crippen molar-refractivity contribution >= 4 is 54.0 Å². The van der Waals surface area contributed by atoms with Crippen molar-refractivity contribution in [3.8, 4) is 5.95 Å². The largest absolute Gasteiger partial charge is 0.480 e. The first kappa shape index (κ1) is 14.9. The van der Waals surface area contributed by atoms with Crippen molar-refractivity contribution in [2.24, 2.45) is 10.2 Å².